The molecule has 16 heavy (non-hydrogen) atoms. The summed E-state index contributed by atoms with van der Waals surface area (Å²) in [6.07, 6.45) is 0.341. The predicted octanol–water partition coefficient (Wildman–Crippen LogP) is 2.35. The number of benzene rings is 1. The highest BCUT2D eigenvalue weighted by Crippen LogP contribution is 2.30. The van der Waals surface area contributed by atoms with E-state index in [2.05, 4.69) is 0 Å². The van der Waals surface area contributed by atoms with Crippen LogP contribution in [-0.2, 0) is 16.0 Å². The molecule has 4 heteroatoms. The molecule has 0 aliphatic rings. The monoisotopic (exact) mass is 238 g/mol. The topological polar surface area (TPSA) is 54.4 Å². The number of carboxylic acid groups (broad SMARTS) is 1. The lowest BCUT2D eigenvalue weighted by Gasteiger charge is -2.22. The van der Waals surface area contributed by atoms with E-state index in [0.29, 0.717) is 6.42 Å². The number of rotatable bonds is 4. The van der Waals surface area contributed by atoms with Crippen LogP contribution in [0.3, 0.4) is 0 Å². The highest BCUT2D eigenvalue weighted by molar-refractivity contribution is 8.15. The van der Waals surface area contributed by atoms with Crippen molar-refractivity contribution in [3.8, 4) is 0 Å². The Morgan fingerprint density at radius 1 is 1.31 bits per heavy atom. The van der Waals surface area contributed by atoms with Crippen molar-refractivity contribution >= 4 is 22.8 Å². The molecule has 1 aromatic rings. The van der Waals surface area contributed by atoms with Crippen molar-refractivity contribution < 1.29 is 14.7 Å². The molecular formula is C12H14O3S. The third-order valence-electron chi connectivity index (χ3n) is 2.21. The van der Waals surface area contributed by atoms with Crippen LogP contribution in [0.25, 0.3) is 0 Å². The summed E-state index contributed by atoms with van der Waals surface area (Å²) >= 11 is 0.866. The van der Waals surface area contributed by atoms with Crippen LogP contribution < -0.4 is 0 Å². The number of aliphatic carboxylic acids is 1. The fourth-order valence-corrected chi connectivity index (χ4v) is 2.42. The lowest BCUT2D eigenvalue weighted by atomic mass is 10.0. The molecule has 86 valence electrons. The normalized spacial score (nSPS) is 14.1. The summed E-state index contributed by atoms with van der Waals surface area (Å²) in [5, 5.41) is 8.99. The number of hydrogen-bond donors (Lipinski definition) is 1. The summed E-state index contributed by atoms with van der Waals surface area (Å²) < 4.78 is -1.09. The molecule has 1 atom stereocenters. The van der Waals surface area contributed by atoms with Crippen LogP contribution in [0.4, 0.5) is 0 Å². The minimum absolute atomic E-state index is 0.180. The molecule has 0 bridgehead atoms. The zero-order valence-electron chi connectivity index (χ0n) is 9.27. The lowest BCUT2D eigenvalue weighted by Crippen LogP contribution is -2.35. The van der Waals surface area contributed by atoms with E-state index in [-0.39, 0.29) is 5.12 Å². The summed E-state index contributed by atoms with van der Waals surface area (Å²) in [5.41, 5.74) is 0.918. The number of carbonyl (C=O) groups excluding carboxylic acids is 1. The van der Waals surface area contributed by atoms with Crippen molar-refractivity contribution in [3.63, 3.8) is 0 Å². The largest absolute Gasteiger partial charge is 0.480 e. The minimum Gasteiger partial charge on any atom is -0.480 e. The van der Waals surface area contributed by atoms with Crippen LogP contribution in [0.15, 0.2) is 30.3 Å². The summed E-state index contributed by atoms with van der Waals surface area (Å²) in [5.74, 6) is -0.962. The number of carboxylic acids is 1. The first kappa shape index (κ1) is 12.8. The Bertz CT molecular complexity index is 389. The van der Waals surface area contributed by atoms with Crippen LogP contribution in [0.1, 0.15) is 19.4 Å². The van der Waals surface area contributed by atoms with Crippen molar-refractivity contribution in [2.75, 3.05) is 0 Å². The molecule has 1 aromatic carbocycles. The SMILES string of the molecule is CC(=O)S[C@@](C)(Cc1ccccc1)C(=O)O. The number of thioether (sulfide) groups is 1. The molecule has 0 aromatic heterocycles. The fraction of sp³-hybridized carbons (Fsp3) is 0.333. The molecule has 0 unspecified atom stereocenters. The second-order valence-electron chi connectivity index (χ2n) is 3.79. The maximum absolute atomic E-state index is 11.2. The zero-order chi connectivity index (χ0) is 12.2. The van der Waals surface area contributed by atoms with E-state index >= 15 is 0 Å². The third kappa shape index (κ3) is 3.38. The summed E-state index contributed by atoms with van der Waals surface area (Å²) in [7, 11) is 0. The van der Waals surface area contributed by atoms with Gasteiger partial charge in [-0.25, -0.2) is 0 Å². The maximum Gasteiger partial charge on any atom is 0.320 e. The Morgan fingerprint density at radius 3 is 2.31 bits per heavy atom. The standard InChI is InChI=1S/C12H14O3S/c1-9(13)16-12(2,11(14)15)8-10-6-4-3-5-7-10/h3-7H,8H2,1-2H3,(H,14,15)/t12-/m0/s1. The van der Waals surface area contributed by atoms with Crippen molar-refractivity contribution in [2.24, 2.45) is 0 Å². The summed E-state index contributed by atoms with van der Waals surface area (Å²) in [6, 6.07) is 9.32. The van der Waals surface area contributed by atoms with E-state index in [0.717, 1.165) is 17.3 Å². The van der Waals surface area contributed by atoms with Gasteiger partial charge in [0.2, 0.25) is 0 Å². The van der Waals surface area contributed by atoms with Gasteiger partial charge in [-0.2, -0.15) is 0 Å². The molecule has 0 saturated carbocycles. The van der Waals surface area contributed by atoms with Crippen LogP contribution in [-0.4, -0.2) is 20.9 Å². The quantitative estimate of drug-likeness (QED) is 0.874. The predicted molar refractivity (Wildman–Crippen MR) is 64.5 cm³/mol. The average Bonchev–Trinajstić information content (AvgIpc) is 2.17. The van der Waals surface area contributed by atoms with Gasteiger partial charge in [-0.1, -0.05) is 42.1 Å². The van der Waals surface area contributed by atoms with Gasteiger partial charge in [0.1, 0.15) is 4.75 Å². The summed E-state index contributed by atoms with van der Waals surface area (Å²) in [6.45, 7) is 2.96. The minimum atomic E-state index is -1.09. The molecule has 0 amide bonds. The smallest absolute Gasteiger partial charge is 0.320 e. The van der Waals surface area contributed by atoms with Crippen LogP contribution in [0.2, 0.25) is 0 Å². The number of carbonyl (C=O) groups is 2. The van der Waals surface area contributed by atoms with Crippen LogP contribution in [0, 0.1) is 0 Å². The van der Waals surface area contributed by atoms with E-state index in [1.165, 1.54) is 6.92 Å². The average molecular weight is 238 g/mol. The van der Waals surface area contributed by atoms with Crippen molar-refractivity contribution in [2.45, 2.75) is 25.0 Å². The highest BCUT2D eigenvalue weighted by atomic mass is 32.2. The molecule has 0 aliphatic heterocycles. The van der Waals surface area contributed by atoms with Gasteiger partial charge in [-0.15, -0.1) is 0 Å². The summed E-state index contributed by atoms with van der Waals surface area (Å²) in [4.78, 5) is 22.2. The van der Waals surface area contributed by atoms with Gasteiger partial charge < -0.3 is 5.11 Å². The molecule has 0 saturated heterocycles. The second kappa shape index (κ2) is 5.16. The molecule has 0 heterocycles. The first-order valence-corrected chi connectivity index (χ1v) is 5.72. The van der Waals surface area contributed by atoms with Gasteiger partial charge in [0.05, 0.1) is 0 Å². The Labute approximate surface area is 98.9 Å². The molecule has 0 spiro atoms. The van der Waals surface area contributed by atoms with Crippen molar-refractivity contribution in [3.05, 3.63) is 35.9 Å². The first-order chi connectivity index (χ1) is 7.44. The molecule has 1 rings (SSSR count). The Kier molecular flexibility index (Phi) is 4.12. The third-order valence-corrected chi connectivity index (χ3v) is 3.26. The molecule has 0 aliphatic carbocycles. The van der Waals surface area contributed by atoms with Gasteiger partial charge in [0.25, 0.3) is 0 Å². The number of hydrogen-bond acceptors (Lipinski definition) is 3. The maximum atomic E-state index is 11.2. The van der Waals surface area contributed by atoms with Crippen LogP contribution in [0.5, 0.6) is 0 Å². The van der Waals surface area contributed by atoms with Gasteiger partial charge in [-0.3, -0.25) is 9.59 Å². The Morgan fingerprint density at radius 2 is 1.88 bits per heavy atom. The molecule has 0 fully saturated rings. The van der Waals surface area contributed by atoms with Gasteiger partial charge in [-0.05, 0) is 18.9 Å². The highest BCUT2D eigenvalue weighted by Gasteiger charge is 2.35. The molecule has 1 N–H and O–H groups in total. The van der Waals surface area contributed by atoms with Gasteiger partial charge >= 0.3 is 5.97 Å². The molecular weight excluding hydrogens is 224 g/mol. The molecule has 0 radical (unpaired) electrons. The van der Waals surface area contributed by atoms with Gasteiger partial charge in [0, 0.05) is 6.92 Å². The zero-order valence-corrected chi connectivity index (χ0v) is 10.1. The first-order valence-electron chi connectivity index (χ1n) is 4.91. The van der Waals surface area contributed by atoms with Crippen molar-refractivity contribution in [1.29, 1.82) is 0 Å². The van der Waals surface area contributed by atoms with E-state index in [1.54, 1.807) is 6.92 Å². The van der Waals surface area contributed by atoms with Crippen LogP contribution >= 0.6 is 11.8 Å². The Hall–Kier alpha value is -1.29. The van der Waals surface area contributed by atoms with E-state index < -0.39 is 10.7 Å². The molecule has 3 nitrogen and oxygen atoms in total. The lowest BCUT2D eigenvalue weighted by molar-refractivity contribution is -0.139. The van der Waals surface area contributed by atoms with E-state index in [9.17, 15) is 9.59 Å². The second-order valence-corrected chi connectivity index (χ2v) is 5.47. The Balaban J connectivity index is 2.87. The van der Waals surface area contributed by atoms with Gasteiger partial charge in [0.15, 0.2) is 5.12 Å². The fourth-order valence-electron chi connectivity index (χ4n) is 1.46. The van der Waals surface area contributed by atoms with Crippen molar-refractivity contribution in [1.82, 2.24) is 0 Å². The van der Waals surface area contributed by atoms with E-state index in [4.69, 9.17) is 5.11 Å². The van der Waals surface area contributed by atoms with E-state index in [1.807, 2.05) is 30.3 Å².